The van der Waals surface area contributed by atoms with E-state index >= 15 is 0 Å². The lowest BCUT2D eigenvalue weighted by molar-refractivity contribution is 0.605. The molecule has 5 heteroatoms. The molecule has 0 radical (unpaired) electrons. The van der Waals surface area contributed by atoms with Gasteiger partial charge < -0.3 is 11.1 Å². The van der Waals surface area contributed by atoms with Crippen LogP contribution in [0.3, 0.4) is 0 Å². The molecule has 0 bridgehead atoms. The Morgan fingerprint density at radius 2 is 2.33 bits per heavy atom. The number of anilines is 1. The van der Waals surface area contributed by atoms with Crippen LogP contribution in [-0.4, -0.2) is 23.1 Å². The second-order valence-electron chi connectivity index (χ2n) is 2.34. The Bertz CT molecular complexity index is 264. The number of hydrogen-bond acceptors (Lipinski definition) is 4. The highest BCUT2D eigenvalue weighted by molar-refractivity contribution is 5.36. The van der Waals surface area contributed by atoms with E-state index in [1.807, 2.05) is 0 Å². The van der Waals surface area contributed by atoms with E-state index in [4.69, 9.17) is 5.73 Å². The summed E-state index contributed by atoms with van der Waals surface area (Å²) >= 11 is 0. The molecule has 0 spiro atoms. The van der Waals surface area contributed by atoms with Gasteiger partial charge in [-0.25, -0.2) is 14.4 Å². The SMILES string of the molecule is Cc1ncnc(NCCN)c1F. The molecule has 0 saturated heterocycles. The summed E-state index contributed by atoms with van der Waals surface area (Å²) < 4.78 is 13.1. The van der Waals surface area contributed by atoms with Crippen LogP contribution in [0.4, 0.5) is 10.2 Å². The Morgan fingerprint density at radius 1 is 1.58 bits per heavy atom. The molecule has 1 heterocycles. The molecule has 0 aliphatic carbocycles. The molecule has 1 aromatic rings. The van der Waals surface area contributed by atoms with Crippen LogP contribution in [-0.2, 0) is 0 Å². The van der Waals surface area contributed by atoms with Gasteiger partial charge in [0.25, 0.3) is 0 Å². The third kappa shape index (κ3) is 1.88. The molecule has 0 aliphatic rings. The van der Waals surface area contributed by atoms with Crippen molar-refractivity contribution in [2.75, 3.05) is 18.4 Å². The van der Waals surface area contributed by atoms with Gasteiger partial charge in [0.1, 0.15) is 6.33 Å². The number of nitrogens with zero attached hydrogens (tertiary/aromatic N) is 2. The quantitative estimate of drug-likeness (QED) is 0.684. The zero-order valence-electron chi connectivity index (χ0n) is 6.84. The van der Waals surface area contributed by atoms with Gasteiger partial charge in [0.05, 0.1) is 5.69 Å². The normalized spacial score (nSPS) is 9.92. The minimum atomic E-state index is -0.411. The maximum atomic E-state index is 13.1. The second kappa shape index (κ2) is 3.96. The lowest BCUT2D eigenvalue weighted by atomic mass is 10.4. The van der Waals surface area contributed by atoms with Gasteiger partial charge in [0, 0.05) is 13.1 Å². The highest BCUT2D eigenvalue weighted by Crippen LogP contribution is 2.10. The summed E-state index contributed by atoms with van der Waals surface area (Å²) in [5, 5.41) is 2.75. The monoisotopic (exact) mass is 170 g/mol. The fourth-order valence-corrected chi connectivity index (χ4v) is 0.772. The molecule has 12 heavy (non-hydrogen) atoms. The van der Waals surface area contributed by atoms with Crippen LogP contribution >= 0.6 is 0 Å². The zero-order valence-corrected chi connectivity index (χ0v) is 6.84. The maximum Gasteiger partial charge on any atom is 0.186 e. The number of aromatic nitrogens is 2. The zero-order chi connectivity index (χ0) is 8.97. The lowest BCUT2D eigenvalue weighted by Gasteiger charge is -2.04. The van der Waals surface area contributed by atoms with Crippen molar-refractivity contribution < 1.29 is 4.39 Å². The van der Waals surface area contributed by atoms with Crippen LogP contribution in [0.1, 0.15) is 5.69 Å². The Kier molecular flexibility index (Phi) is 2.93. The van der Waals surface area contributed by atoms with E-state index in [2.05, 4.69) is 15.3 Å². The minimum absolute atomic E-state index is 0.216. The summed E-state index contributed by atoms with van der Waals surface area (Å²) in [4.78, 5) is 7.41. The van der Waals surface area contributed by atoms with Crippen molar-refractivity contribution in [2.24, 2.45) is 5.73 Å². The first-order valence-electron chi connectivity index (χ1n) is 3.66. The number of hydrogen-bond donors (Lipinski definition) is 2. The van der Waals surface area contributed by atoms with Gasteiger partial charge in [-0.3, -0.25) is 0 Å². The molecule has 1 rings (SSSR count). The highest BCUT2D eigenvalue weighted by Gasteiger charge is 2.05. The summed E-state index contributed by atoms with van der Waals surface area (Å²) in [6.45, 7) is 2.54. The van der Waals surface area contributed by atoms with Crippen LogP contribution in [0.5, 0.6) is 0 Å². The van der Waals surface area contributed by atoms with E-state index in [0.717, 1.165) is 0 Å². The van der Waals surface area contributed by atoms with E-state index in [1.165, 1.54) is 6.33 Å². The molecular formula is C7H11FN4. The predicted molar refractivity (Wildman–Crippen MR) is 44.3 cm³/mol. The van der Waals surface area contributed by atoms with Gasteiger partial charge in [-0.05, 0) is 6.92 Å². The minimum Gasteiger partial charge on any atom is -0.366 e. The first-order valence-corrected chi connectivity index (χ1v) is 3.66. The predicted octanol–water partition coefficient (Wildman–Crippen LogP) is 0.295. The van der Waals surface area contributed by atoms with Gasteiger partial charge in [0.2, 0.25) is 0 Å². The average Bonchev–Trinajstić information content (AvgIpc) is 2.08. The largest absolute Gasteiger partial charge is 0.366 e. The molecule has 3 N–H and O–H groups in total. The fraction of sp³-hybridized carbons (Fsp3) is 0.429. The lowest BCUT2D eigenvalue weighted by Crippen LogP contribution is -2.15. The van der Waals surface area contributed by atoms with Gasteiger partial charge in [-0.15, -0.1) is 0 Å². The third-order valence-corrected chi connectivity index (χ3v) is 1.40. The molecule has 0 unspecified atom stereocenters. The van der Waals surface area contributed by atoms with Gasteiger partial charge >= 0.3 is 0 Å². The summed E-state index contributed by atoms with van der Waals surface area (Å²) in [6.07, 6.45) is 1.32. The van der Waals surface area contributed by atoms with E-state index in [0.29, 0.717) is 18.8 Å². The molecule has 0 aromatic carbocycles. The van der Waals surface area contributed by atoms with Crippen LogP contribution in [0.2, 0.25) is 0 Å². The van der Waals surface area contributed by atoms with Gasteiger partial charge in [-0.1, -0.05) is 0 Å². The number of aryl methyl sites for hydroxylation is 1. The van der Waals surface area contributed by atoms with E-state index in [1.54, 1.807) is 6.92 Å². The molecule has 0 fully saturated rings. The molecule has 0 aliphatic heterocycles. The second-order valence-corrected chi connectivity index (χ2v) is 2.34. The Morgan fingerprint density at radius 3 is 3.00 bits per heavy atom. The standard InChI is InChI=1S/C7H11FN4/c1-5-6(8)7(10-3-2-9)12-4-11-5/h4H,2-3,9H2,1H3,(H,10,11,12). The molecule has 66 valence electrons. The van der Waals surface area contributed by atoms with Crippen molar-refractivity contribution >= 4 is 5.82 Å². The van der Waals surface area contributed by atoms with E-state index in [-0.39, 0.29) is 5.82 Å². The molecule has 1 aromatic heterocycles. The van der Waals surface area contributed by atoms with Crippen molar-refractivity contribution in [3.05, 3.63) is 17.8 Å². The smallest absolute Gasteiger partial charge is 0.186 e. The summed E-state index contributed by atoms with van der Waals surface area (Å²) in [5.74, 6) is -0.195. The Balaban J connectivity index is 2.78. The number of halogens is 1. The molecule has 4 nitrogen and oxygen atoms in total. The van der Waals surface area contributed by atoms with Crippen molar-refractivity contribution in [1.29, 1.82) is 0 Å². The number of rotatable bonds is 3. The summed E-state index contributed by atoms with van der Waals surface area (Å²) in [6, 6.07) is 0. The van der Waals surface area contributed by atoms with Crippen molar-refractivity contribution in [2.45, 2.75) is 6.92 Å². The van der Waals surface area contributed by atoms with E-state index < -0.39 is 5.82 Å². The van der Waals surface area contributed by atoms with Crippen molar-refractivity contribution in [3.63, 3.8) is 0 Å². The highest BCUT2D eigenvalue weighted by atomic mass is 19.1. The third-order valence-electron chi connectivity index (χ3n) is 1.40. The van der Waals surface area contributed by atoms with Crippen molar-refractivity contribution in [1.82, 2.24) is 9.97 Å². The average molecular weight is 170 g/mol. The Labute approximate surface area is 70.0 Å². The molecular weight excluding hydrogens is 159 g/mol. The van der Waals surface area contributed by atoms with Crippen LogP contribution in [0, 0.1) is 12.7 Å². The maximum absolute atomic E-state index is 13.1. The molecule has 0 amide bonds. The summed E-state index contributed by atoms with van der Waals surface area (Å²) in [5.41, 5.74) is 5.57. The molecule has 0 saturated carbocycles. The first kappa shape index (κ1) is 8.86. The first-order chi connectivity index (χ1) is 5.75. The Hall–Kier alpha value is -1.23. The number of nitrogens with two attached hydrogens (primary N) is 1. The fourth-order valence-electron chi connectivity index (χ4n) is 0.772. The van der Waals surface area contributed by atoms with Crippen LogP contribution < -0.4 is 11.1 Å². The number of nitrogens with one attached hydrogen (secondary N) is 1. The summed E-state index contributed by atoms with van der Waals surface area (Å²) in [7, 11) is 0. The van der Waals surface area contributed by atoms with Crippen LogP contribution in [0.15, 0.2) is 6.33 Å². The van der Waals surface area contributed by atoms with Gasteiger partial charge in [-0.2, -0.15) is 0 Å². The van der Waals surface area contributed by atoms with Gasteiger partial charge in [0.15, 0.2) is 11.6 Å². The van der Waals surface area contributed by atoms with E-state index in [9.17, 15) is 4.39 Å². The van der Waals surface area contributed by atoms with Crippen molar-refractivity contribution in [3.8, 4) is 0 Å². The van der Waals surface area contributed by atoms with Crippen LogP contribution in [0.25, 0.3) is 0 Å². The topological polar surface area (TPSA) is 63.8 Å². The molecule has 0 atom stereocenters.